The van der Waals surface area contributed by atoms with Crippen LogP contribution in [0.15, 0.2) is 36.7 Å². The fourth-order valence-electron chi connectivity index (χ4n) is 4.60. The Labute approximate surface area is 157 Å². The summed E-state index contributed by atoms with van der Waals surface area (Å²) in [6.07, 6.45) is 4.11. The molecule has 0 saturated carbocycles. The molecule has 7 heteroatoms. The van der Waals surface area contributed by atoms with Gasteiger partial charge in [0, 0.05) is 25.8 Å². The largest absolute Gasteiger partial charge is 0.368 e. The molecule has 2 aliphatic rings. The summed E-state index contributed by atoms with van der Waals surface area (Å²) in [5.41, 5.74) is 4.67. The lowest BCUT2D eigenvalue weighted by Gasteiger charge is -2.39. The van der Waals surface area contributed by atoms with Gasteiger partial charge in [-0.3, -0.25) is 4.79 Å². The van der Waals surface area contributed by atoms with E-state index in [2.05, 4.69) is 39.3 Å². The predicted molar refractivity (Wildman–Crippen MR) is 103 cm³/mol. The first kappa shape index (κ1) is 16.2. The molecule has 2 aliphatic heterocycles. The maximum Gasteiger partial charge on any atom is 0.237 e. The zero-order chi connectivity index (χ0) is 18.6. The Morgan fingerprint density at radius 1 is 1.15 bits per heavy atom. The molecule has 1 saturated heterocycles. The lowest BCUT2D eigenvalue weighted by Crippen LogP contribution is -2.48. The first-order valence-electron chi connectivity index (χ1n) is 9.46. The smallest absolute Gasteiger partial charge is 0.237 e. The van der Waals surface area contributed by atoms with E-state index in [1.165, 1.54) is 5.56 Å². The molecule has 2 aromatic heterocycles. The number of benzene rings is 1. The van der Waals surface area contributed by atoms with Crippen molar-refractivity contribution in [2.24, 2.45) is 0 Å². The van der Waals surface area contributed by atoms with Crippen LogP contribution in [0.4, 0.5) is 11.4 Å². The molecule has 0 aliphatic carbocycles. The Bertz CT molecular complexity index is 1030. The number of aryl methyl sites for hydroxylation is 1. The van der Waals surface area contributed by atoms with Crippen molar-refractivity contribution in [3.8, 4) is 0 Å². The van der Waals surface area contributed by atoms with Crippen molar-refractivity contribution in [1.29, 1.82) is 0 Å². The van der Waals surface area contributed by atoms with Crippen LogP contribution in [0.2, 0.25) is 0 Å². The second-order valence-corrected chi connectivity index (χ2v) is 7.42. The number of carbonyl (C=O) groups excluding carboxylic acids is 1. The highest BCUT2D eigenvalue weighted by molar-refractivity contribution is 6.08. The molecule has 7 nitrogen and oxygen atoms in total. The minimum atomic E-state index is -0.396. The first-order chi connectivity index (χ1) is 13.1. The van der Waals surface area contributed by atoms with Gasteiger partial charge in [-0.1, -0.05) is 25.1 Å². The van der Waals surface area contributed by atoms with Gasteiger partial charge in [-0.2, -0.15) is 9.61 Å². The molecule has 1 spiro atoms. The standard InChI is InChI=1S/C20H22N6O/c1-3-14-12-17(18-22-21-13-26(18)23-14)25-10-8-20(9-11-25)15-6-4-5-7-16(15)24(2)19(20)27/h4-7,12-13H,3,8-11H2,1-2H3. The van der Waals surface area contributed by atoms with Gasteiger partial charge in [0.15, 0.2) is 0 Å². The number of carbonyl (C=O) groups is 1. The number of likely N-dealkylation sites (N-methyl/N-ethyl adjacent to an activating group) is 1. The van der Waals surface area contributed by atoms with Crippen LogP contribution in [0.5, 0.6) is 0 Å². The molecule has 0 unspecified atom stereocenters. The van der Waals surface area contributed by atoms with Crippen LogP contribution in [0, 0.1) is 0 Å². The van der Waals surface area contributed by atoms with Gasteiger partial charge in [-0.05, 0) is 37.0 Å². The SMILES string of the molecule is CCc1cc(N2CCC3(CC2)C(=O)N(C)c2ccccc23)c2nncn2n1. The molecule has 0 bridgehead atoms. The van der Waals surface area contributed by atoms with Crippen LogP contribution < -0.4 is 9.80 Å². The monoisotopic (exact) mass is 362 g/mol. The van der Waals surface area contributed by atoms with E-state index in [-0.39, 0.29) is 5.91 Å². The van der Waals surface area contributed by atoms with E-state index in [1.54, 1.807) is 10.8 Å². The van der Waals surface area contributed by atoms with Crippen LogP contribution >= 0.6 is 0 Å². The van der Waals surface area contributed by atoms with E-state index in [1.807, 2.05) is 30.1 Å². The summed E-state index contributed by atoms with van der Waals surface area (Å²) < 4.78 is 1.75. The van der Waals surface area contributed by atoms with Gasteiger partial charge in [0.25, 0.3) is 0 Å². The number of hydrogen-bond acceptors (Lipinski definition) is 5. The van der Waals surface area contributed by atoms with E-state index >= 15 is 0 Å². The van der Waals surface area contributed by atoms with Gasteiger partial charge in [-0.15, -0.1) is 10.2 Å². The summed E-state index contributed by atoms with van der Waals surface area (Å²) in [7, 11) is 1.89. The second kappa shape index (κ2) is 5.77. The molecule has 5 rings (SSSR count). The van der Waals surface area contributed by atoms with E-state index in [9.17, 15) is 4.79 Å². The molecule has 0 radical (unpaired) electrons. The topological polar surface area (TPSA) is 66.6 Å². The molecule has 1 amide bonds. The van der Waals surface area contributed by atoms with Crippen molar-refractivity contribution >= 4 is 22.9 Å². The van der Waals surface area contributed by atoms with Crippen molar-refractivity contribution in [3.05, 3.63) is 47.9 Å². The summed E-state index contributed by atoms with van der Waals surface area (Å²) in [6, 6.07) is 10.3. The Hall–Kier alpha value is -2.96. The third-order valence-corrected chi connectivity index (χ3v) is 6.11. The summed E-state index contributed by atoms with van der Waals surface area (Å²) in [5, 5.41) is 12.8. The van der Waals surface area contributed by atoms with Crippen LogP contribution in [0.25, 0.3) is 5.65 Å². The average Bonchev–Trinajstić information content (AvgIpc) is 3.27. The number of amides is 1. The van der Waals surface area contributed by atoms with E-state index in [0.29, 0.717) is 0 Å². The predicted octanol–water partition coefficient (Wildman–Crippen LogP) is 2.20. The highest BCUT2D eigenvalue weighted by Gasteiger charge is 2.50. The molecule has 138 valence electrons. The zero-order valence-corrected chi connectivity index (χ0v) is 15.6. The number of nitrogens with zero attached hydrogens (tertiary/aromatic N) is 6. The van der Waals surface area contributed by atoms with Crippen molar-refractivity contribution in [3.63, 3.8) is 0 Å². The molecule has 3 aromatic rings. The lowest BCUT2D eigenvalue weighted by molar-refractivity contribution is -0.123. The van der Waals surface area contributed by atoms with Crippen molar-refractivity contribution in [1.82, 2.24) is 19.8 Å². The van der Waals surface area contributed by atoms with Crippen molar-refractivity contribution in [2.75, 3.05) is 29.9 Å². The number of rotatable bonds is 2. The molecule has 4 heterocycles. The summed E-state index contributed by atoms with van der Waals surface area (Å²) in [4.78, 5) is 17.3. The number of para-hydroxylation sites is 1. The van der Waals surface area contributed by atoms with Crippen LogP contribution in [0.1, 0.15) is 31.0 Å². The molecular weight excluding hydrogens is 340 g/mol. The number of aromatic nitrogens is 4. The molecule has 1 aromatic carbocycles. The first-order valence-corrected chi connectivity index (χ1v) is 9.46. The summed E-state index contributed by atoms with van der Waals surface area (Å²) >= 11 is 0. The molecule has 27 heavy (non-hydrogen) atoms. The van der Waals surface area contributed by atoms with Gasteiger partial charge in [0.05, 0.1) is 16.8 Å². The fraction of sp³-hybridized carbons (Fsp3) is 0.400. The lowest BCUT2D eigenvalue weighted by atomic mass is 9.73. The highest BCUT2D eigenvalue weighted by Crippen LogP contribution is 2.47. The van der Waals surface area contributed by atoms with Crippen molar-refractivity contribution < 1.29 is 4.79 Å². The van der Waals surface area contributed by atoms with Gasteiger partial charge in [0.1, 0.15) is 6.33 Å². The number of piperidine rings is 1. The van der Waals surface area contributed by atoms with E-state index in [0.717, 1.165) is 55.1 Å². The van der Waals surface area contributed by atoms with Gasteiger partial charge >= 0.3 is 0 Å². The van der Waals surface area contributed by atoms with Crippen LogP contribution in [-0.4, -0.2) is 45.9 Å². The normalized spacial score (nSPS) is 18.5. The van der Waals surface area contributed by atoms with Gasteiger partial charge < -0.3 is 9.80 Å². The van der Waals surface area contributed by atoms with Crippen molar-refractivity contribution in [2.45, 2.75) is 31.6 Å². The minimum absolute atomic E-state index is 0.222. The zero-order valence-electron chi connectivity index (χ0n) is 15.6. The molecule has 0 N–H and O–H groups in total. The minimum Gasteiger partial charge on any atom is -0.368 e. The number of anilines is 2. The maximum absolute atomic E-state index is 13.1. The van der Waals surface area contributed by atoms with Gasteiger partial charge in [0.2, 0.25) is 11.6 Å². The maximum atomic E-state index is 13.1. The fourth-order valence-corrected chi connectivity index (χ4v) is 4.60. The number of hydrogen-bond donors (Lipinski definition) is 0. The quantitative estimate of drug-likeness (QED) is 0.699. The third-order valence-electron chi connectivity index (χ3n) is 6.11. The Morgan fingerprint density at radius 3 is 2.70 bits per heavy atom. The molecule has 0 atom stereocenters. The highest BCUT2D eigenvalue weighted by atomic mass is 16.2. The Kier molecular flexibility index (Phi) is 3.47. The van der Waals surface area contributed by atoms with E-state index in [4.69, 9.17) is 0 Å². The second-order valence-electron chi connectivity index (χ2n) is 7.42. The van der Waals surface area contributed by atoms with E-state index < -0.39 is 5.41 Å². The van der Waals surface area contributed by atoms with Crippen LogP contribution in [-0.2, 0) is 16.6 Å². The van der Waals surface area contributed by atoms with Gasteiger partial charge in [-0.25, -0.2) is 0 Å². The third kappa shape index (κ3) is 2.20. The summed E-state index contributed by atoms with van der Waals surface area (Å²) in [6.45, 7) is 3.71. The average molecular weight is 362 g/mol. The Morgan fingerprint density at radius 2 is 1.93 bits per heavy atom. The Balaban J connectivity index is 1.50. The summed E-state index contributed by atoms with van der Waals surface area (Å²) in [5.74, 6) is 0.222. The number of fused-ring (bicyclic) bond motifs is 3. The molecule has 1 fully saturated rings. The van der Waals surface area contributed by atoms with Crippen LogP contribution in [0.3, 0.4) is 0 Å². The molecular formula is C20H22N6O.